The first-order valence-corrected chi connectivity index (χ1v) is 3.94. The van der Waals surface area contributed by atoms with Crippen LogP contribution >= 0.6 is 0 Å². The molecule has 0 saturated heterocycles. The van der Waals surface area contributed by atoms with Crippen molar-refractivity contribution in [3.05, 3.63) is 11.6 Å². The maximum Gasteiger partial charge on any atom is -0.0189 e. The summed E-state index contributed by atoms with van der Waals surface area (Å²) < 4.78 is 0. The van der Waals surface area contributed by atoms with Gasteiger partial charge in [0.15, 0.2) is 0 Å². The van der Waals surface area contributed by atoms with Crippen LogP contribution in [0.2, 0.25) is 0 Å². The van der Waals surface area contributed by atoms with E-state index in [0.29, 0.717) is 0 Å². The third-order valence-electron chi connectivity index (χ3n) is 3.77. The van der Waals surface area contributed by atoms with Crippen LogP contribution in [0.25, 0.3) is 0 Å². The van der Waals surface area contributed by atoms with Gasteiger partial charge in [-0.05, 0) is 43.4 Å². The standard InChI is InChI=1S/C9H12/c1-2-7-3-8-5-9(8,4-7)6-8/h2H,3-6H2,1H3. The van der Waals surface area contributed by atoms with E-state index in [0.717, 1.165) is 10.8 Å². The summed E-state index contributed by atoms with van der Waals surface area (Å²) in [6.07, 6.45) is 8.41. The van der Waals surface area contributed by atoms with Gasteiger partial charge in [-0.1, -0.05) is 11.6 Å². The number of rotatable bonds is 0. The second kappa shape index (κ2) is 0.902. The van der Waals surface area contributed by atoms with E-state index in [1.165, 1.54) is 12.8 Å². The monoisotopic (exact) mass is 120 g/mol. The van der Waals surface area contributed by atoms with Crippen LogP contribution in [0.4, 0.5) is 0 Å². The zero-order valence-corrected chi connectivity index (χ0v) is 5.91. The molecule has 0 atom stereocenters. The van der Waals surface area contributed by atoms with Crippen LogP contribution in [-0.2, 0) is 0 Å². The predicted molar refractivity (Wildman–Crippen MR) is 37.1 cm³/mol. The topological polar surface area (TPSA) is 0 Å². The summed E-state index contributed by atoms with van der Waals surface area (Å²) in [6, 6.07) is 0. The van der Waals surface area contributed by atoms with Crippen molar-refractivity contribution in [2.24, 2.45) is 10.8 Å². The molecule has 48 valence electrons. The van der Waals surface area contributed by atoms with Crippen LogP contribution in [0, 0.1) is 10.8 Å². The lowest BCUT2D eigenvalue weighted by Gasteiger charge is -2.09. The molecule has 9 heavy (non-hydrogen) atoms. The number of hydrogen-bond donors (Lipinski definition) is 0. The number of allylic oxidation sites excluding steroid dienone is 2. The average Bonchev–Trinajstić information content (AvgIpc) is 2.51. The largest absolute Gasteiger partial charge is 0.0884 e. The van der Waals surface area contributed by atoms with Crippen molar-refractivity contribution in [1.82, 2.24) is 0 Å². The van der Waals surface area contributed by atoms with E-state index in [4.69, 9.17) is 0 Å². The summed E-state index contributed by atoms with van der Waals surface area (Å²) in [5.41, 5.74) is 3.57. The molecule has 3 saturated carbocycles. The third-order valence-corrected chi connectivity index (χ3v) is 3.77. The molecule has 3 aliphatic rings. The number of hydrogen-bond acceptors (Lipinski definition) is 0. The Balaban J connectivity index is 1.98. The van der Waals surface area contributed by atoms with Crippen molar-refractivity contribution in [2.75, 3.05) is 0 Å². The molecule has 3 fully saturated rings. The Kier molecular flexibility index (Phi) is 0.455. The van der Waals surface area contributed by atoms with Crippen molar-refractivity contribution in [1.29, 1.82) is 0 Å². The van der Waals surface area contributed by atoms with Gasteiger partial charge in [0.1, 0.15) is 0 Å². The van der Waals surface area contributed by atoms with E-state index >= 15 is 0 Å². The molecule has 0 amide bonds. The van der Waals surface area contributed by atoms with Gasteiger partial charge in [0.25, 0.3) is 0 Å². The van der Waals surface area contributed by atoms with Gasteiger partial charge in [-0.15, -0.1) is 0 Å². The fourth-order valence-corrected chi connectivity index (χ4v) is 2.92. The molecular formula is C9H12. The lowest BCUT2D eigenvalue weighted by atomic mass is 9.96. The average molecular weight is 120 g/mol. The lowest BCUT2D eigenvalue weighted by molar-refractivity contribution is 0.558. The van der Waals surface area contributed by atoms with Crippen LogP contribution in [0.5, 0.6) is 0 Å². The van der Waals surface area contributed by atoms with Crippen molar-refractivity contribution >= 4 is 0 Å². The molecule has 0 spiro atoms. The summed E-state index contributed by atoms with van der Waals surface area (Å²) >= 11 is 0. The Labute approximate surface area is 56.0 Å². The molecule has 0 N–H and O–H groups in total. The van der Waals surface area contributed by atoms with E-state index in [2.05, 4.69) is 13.0 Å². The second-order valence-electron chi connectivity index (χ2n) is 4.21. The second-order valence-corrected chi connectivity index (χ2v) is 4.21. The fourth-order valence-electron chi connectivity index (χ4n) is 2.92. The van der Waals surface area contributed by atoms with E-state index < -0.39 is 0 Å². The van der Waals surface area contributed by atoms with E-state index in [1.54, 1.807) is 18.4 Å². The Bertz CT molecular complexity index is 186. The van der Waals surface area contributed by atoms with Crippen LogP contribution < -0.4 is 0 Å². The Morgan fingerprint density at radius 3 is 2.11 bits per heavy atom. The highest BCUT2D eigenvalue weighted by Gasteiger charge is 2.84. The molecule has 0 nitrogen and oxygen atoms in total. The Morgan fingerprint density at radius 2 is 1.78 bits per heavy atom. The minimum atomic E-state index is 0.912. The maximum absolute atomic E-state index is 2.33. The molecule has 0 aromatic carbocycles. The minimum Gasteiger partial charge on any atom is -0.0884 e. The van der Waals surface area contributed by atoms with Gasteiger partial charge in [0.05, 0.1) is 0 Å². The molecular weight excluding hydrogens is 108 g/mol. The summed E-state index contributed by atoms with van der Waals surface area (Å²) in [5.74, 6) is 0. The Hall–Kier alpha value is -0.260. The van der Waals surface area contributed by atoms with Crippen molar-refractivity contribution < 1.29 is 0 Å². The van der Waals surface area contributed by atoms with Crippen molar-refractivity contribution in [3.63, 3.8) is 0 Å². The molecule has 0 heteroatoms. The molecule has 0 aliphatic heterocycles. The quantitative estimate of drug-likeness (QED) is 0.431. The fraction of sp³-hybridized carbons (Fsp3) is 0.778. The summed E-state index contributed by atoms with van der Waals surface area (Å²) in [6.45, 7) is 2.19. The van der Waals surface area contributed by atoms with Gasteiger partial charge >= 0.3 is 0 Å². The van der Waals surface area contributed by atoms with E-state index in [-0.39, 0.29) is 0 Å². The highest BCUT2D eigenvalue weighted by Crippen LogP contribution is 2.94. The van der Waals surface area contributed by atoms with Gasteiger partial charge in [-0.2, -0.15) is 0 Å². The minimum absolute atomic E-state index is 0.912. The first kappa shape index (κ1) is 4.54. The lowest BCUT2D eigenvalue weighted by Crippen LogP contribution is -1.94. The summed E-state index contributed by atoms with van der Waals surface area (Å²) in [7, 11) is 0. The summed E-state index contributed by atoms with van der Waals surface area (Å²) in [4.78, 5) is 0. The van der Waals surface area contributed by atoms with Crippen LogP contribution in [0.1, 0.15) is 32.6 Å². The molecule has 0 bridgehead atoms. The molecule has 0 unspecified atom stereocenters. The van der Waals surface area contributed by atoms with Gasteiger partial charge in [0, 0.05) is 0 Å². The van der Waals surface area contributed by atoms with Gasteiger partial charge in [-0.25, -0.2) is 0 Å². The molecule has 3 aliphatic carbocycles. The molecule has 0 radical (unpaired) electrons. The predicted octanol–water partition coefficient (Wildman–Crippen LogP) is 2.51. The van der Waals surface area contributed by atoms with Crippen LogP contribution in [0.15, 0.2) is 11.6 Å². The smallest absolute Gasteiger partial charge is 0.0189 e. The van der Waals surface area contributed by atoms with Gasteiger partial charge < -0.3 is 0 Å². The molecule has 3 rings (SSSR count). The van der Waals surface area contributed by atoms with E-state index in [9.17, 15) is 0 Å². The SMILES string of the molecule is CC=C1CC23CC2(C1)C3. The third kappa shape index (κ3) is 0.309. The molecule has 0 heterocycles. The molecule has 0 aromatic heterocycles. The zero-order chi connectivity index (χ0) is 6.11. The highest BCUT2D eigenvalue weighted by molar-refractivity contribution is 5.42. The van der Waals surface area contributed by atoms with Crippen LogP contribution in [0.3, 0.4) is 0 Å². The Morgan fingerprint density at radius 1 is 1.22 bits per heavy atom. The first-order valence-electron chi connectivity index (χ1n) is 3.94. The van der Waals surface area contributed by atoms with Crippen molar-refractivity contribution in [3.8, 4) is 0 Å². The first-order chi connectivity index (χ1) is 4.30. The van der Waals surface area contributed by atoms with Crippen LogP contribution in [-0.4, -0.2) is 0 Å². The van der Waals surface area contributed by atoms with Gasteiger partial charge in [0.2, 0.25) is 0 Å². The normalized spacial score (nSPS) is 58.6. The highest BCUT2D eigenvalue weighted by atomic mass is 14.9. The van der Waals surface area contributed by atoms with Crippen molar-refractivity contribution in [2.45, 2.75) is 32.6 Å². The van der Waals surface area contributed by atoms with E-state index in [1.807, 2.05) is 0 Å². The molecule has 0 aromatic rings. The zero-order valence-electron chi connectivity index (χ0n) is 5.91. The summed E-state index contributed by atoms with van der Waals surface area (Å²) in [5, 5.41) is 0. The van der Waals surface area contributed by atoms with Gasteiger partial charge in [-0.3, -0.25) is 0 Å². The maximum atomic E-state index is 2.33.